The topological polar surface area (TPSA) is 165 Å². The van der Waals surface area contributed by atoms with Crippen molar-refractivity contribution in [3.8, 4) is 0 Å². The summed E-state index contributed by atoms with van der Waals surface area (Å²) < 4.78 is 36.9. The Morgan fingerprint density at radius 3 is 2.42 bits per heavy atom. The van der Waals surface area contributed by atoms with Gasteiger partial charge in [-0.05, 0) is 84.8 Å². The molecule has 0 saturated carbocycles. The first kappa shape index (κ1) is 44.4. The van der Waals surface area contributed by atoms with Crippen LogP contribution < -0.4 is 0 Å². The third-order valence-corrected chi connectivity index (χ3v) is 12.4. The van der Waals surface area contributed by atoms with E-state index < -0.39 is 83.5 Å². The highest BCUT2D eigenvalue weighted by molar-refractivity contribution is 6.00. The van der Waals surface area contributed by atoms with E-state index >= 15 is 0 Å². The Labute approximate surface area is 336 Å². The molecule has 0 spiro atoms. The Bertz CT molecular complexity index is 1750. The molecule has 14 heteroatoms. The van der Waals surface area contributed by atoms with Gasteiger partial charge >= 0.3 is 12.1 Å². The van der Waals surface area contributed by atoms with E-state index in [-0.39, 0.29) is 25.0 Å². The number of aryl methyl sites for hydroxylation is 1. The SMILES string of the molecule is CC[C@H]1OC(=O)[C@H](C)C(=O)[C@H](C)[C@@H](O[C@@H]2O[C@H](C)C[C@H](N(C)C)[C@H]2O)[C@](C)(OC)C[C@@H](C)/C(=N\OCCCc2cncc3ccccc23)[C@H](C)[C@H]2OC(=O)O[C@@]21C. The summed E-state index contributed by atoms with van der Waals surface area (Å²) in [5.41, 5.74) is -0.960. The molecule has 1 aromatic heterocycles. The number of hydrogen-bond acceptors (Lipinski definition) is 14. The lowest BCUT2D eigenvalue weighted by atomic mass is 9.74. The van der Waals surface area contributed by atoms with Gasteiger partial charge in [-0.1, -0.05) is 57.1 Å². The van der Waals surface area contributed by atoms with Crippen LogP contribution in [0, 0.1) is 23.7 Å². The van der Waals surface area contributed by atoms with Crippen molar-refractivity contribution in [1.29, 1.82) is 0 Å². The maximum Gasteiger partial charge on any atom is 0.509 e. The van der Waals surface area contributed by atoms with Crippen molar-refractivity contribution in [3.63, 3.8) is 0 Å². The van der Waals surface area contributed by atoms with Crippen molar-refractivity contribution in [2.45, 2.75) is 142 Å². The van der Waals surface area contributed by atoms with Crippen LogP contribution in [0.5, 0.6) is 0 Å². The van der Waals surface area contributed by atoms with Crippen LogP contribution in [-0.2, 0) is 49.3 Å². The molecule has 14 nitrogen and oxygen atoms in total. The smallest absolute Gasteiger partial charge is 0.457 e. The number of oxime groups is 1. The molecule has 1 aromatic carbocycles. The predicted octanol–water partition coefficient (Wildman–Crippen LogP) is 5.89. The van der Waals surface area contributed by atoms with Gasteiger partial charge in [0.2, 0.25) is 0 Å². The van der Waals surface area contributed by atoms with Gasteiger partial charge in [-0.25, -0.2) is 4.79 Å². The van der Waals surface area contributed by atoms with Crippen molar-refractivity contribution < 1.29 is 52.7 Å². The molecule has 0 bridgehead atoms. The van der Waals surface area contributed by atoms with Gasteiger partial charge in [0.1, 0.15) is 24.7 Å². The number of cyclic esters (lactones) is 1. The Morgan fingerprint density at radius 1 is 1.02 bits per heavy atom. The number of fused-ring (bicyclic) bond motifs is 2. The van der Waals surface area contributed by atoms with Crippen LogP contribution in [0.2, 0.25) is 0 Å². The summed E-state index contributed by atoms with van der Waals surface area (Å²) in [7, 11) is 5.31. The zero-order chi connectivity index (χ0) is 41.8. The molecule has 3 saturated heterocycles. The molecule has 57 heavy (non-hydrogen) atoms. The van der Waals surface area contributed by atoms with Gasteiger partial charge in [-0.3, -0.25) is 14.6 Å². The highest BCUT2D eigenvalue weighted by atomic mass is 16.8. The number of carbonyl (C=O) groups excluding carboxylic acids is 3. The molecule has 0 unspecified atom stereocenters. The van der Waals surface area contributed by atoms with E-state index in [1.54, 1.807) is 21.0 Å². The van der Waals surface area contributed by atoms with Crippen LogP contribution in [-0.4, -0.2) is 120 Å². The lowest BCUT2D eigenvalue weighted by Gasteiger charge is -2.47. The Kier molecular flexibility index (Phi) is 14.4. The molecule has 4 heterocycles. The molecule has 3 aliphatic rings. The summed E-state index contributed by atoms with van der Waals surface area (Å²) in [5, 5.41) is 18.5. The molecule has 13 atom stereocenters. The van der Waals surface area contributed by atoms with E-state index in [9.17, 15) is 19.5 Å². The number of aliphatic hydroxyl groups is 1. The van der Waals surface area contributed by atoms with Crippen molar-refractivity contribution in [2.24, 2.45) is 28.8 Å². The lowest BCUT2D eigenvalue weighted by Crippen LogP contribution is -2.59. The number of esters is 1. The summed E-state index contributed by atoms with van der Waals surface area (Å²) in [4.78, 5) is 53.5. The first-order valence-electron chi connectivity index (χ1n) is 20.3. The van der Waals surface area contributed by atoms with Crippen molar-refractivity contribution in [1.82, 2.24) is 9.88 Å². The van der Waals surface area contributed by atoms with Gasteiger partial charge in [0.15, 0.2) is 23.8 Å². The first-order chi connectivity index (χ1) is 26.9. The number of hydrogen-bond donors (Lipinski definition) is 1. The van der Waals surface area contributed by atoms with Crippen LogP contribution in [0.15, 0.2) is 41.8 Å². The second kappa shape index (κ2) is 18.5. The van der Waals surface area contributed by atoms with Crippen LogP contribution >= 0.6 is 0 Å². The quantitative estimate of drug-likeness (QED) is 0.131. The maximum absolute atomic E-state index is 14.3. The number of ketones is 1. The van der Waals surface area contributed by atoms with Crippen LogP contribution in [0.4, 0.5) is 4.79 Å². The lowest BCUT2D eigenvalue weighted by molar-refractivity contribution is -0.295. The fraction of sp³-hybridized carbons (Fsp3) is 0.698. The van der Waals surface area contributed by atoms with Gasteiger partial charge in [-0.15, -0.1) is 0 Å². The number of methoxy groups -OCH3 is 1. The van der Waals surface area contributed by atoms with Crippen molar-refractivity contribution >= 4 is 34.4 Å². The van der Waals surface area contributed by atoms with Gasteiger partial charge < -0.3 is 43.3 Å². The average Bonchev–Trinajstić information content (AvgIpc) is 3.50. The number of aliphatic hydroxyl groups excluding tert-OH is 1. The fourth-order valence-corrected chi connectivity index (χ4v) is 9.06. The van der Waals surface area contributed by atoms with Crippen molar-refractivity contribution in [3.05, 3.63) is 42.2 Å². The van der Waals surface area contributed by atoms with E-state index in [1.165, 1.54) is 6.92 Å². The molecule has 1 N–H and O–H groups in total. The third kappa shape index (κ3) is 9.46. The molecule has 3 fully saturated rings. The summed E-state index contributed by atoms with van der Waals surface area (Å²) in [6.07, 6.45) is 0.0357. The summed E-state index contributed by atoms with van der Waals surface area (Å²) in [5.74, 6) is -4.34. The zero-order valence-electron chi connectivity index (χ0n) is 35.4. The van der Waals surface area contributed by atoms with Gasteiger partial charge in [0, 0.05) is 48.7 Å². The molecule has 2 aromatic rings. The summed E-state index contributed by atoms with van der Waals surface area (Å²) in [6, 6.07) is 7.84. The number of nitrogens with zero attached hydrogens (tertiary/aromatic N) is 3. The molecule has 5 rings (SSSR count). The molecule has 0 radical (unpaired) electrons. The zero-order valence-corrected chi connectivity index (χ0v) is 35.4. The Morgan fingerprint density at radius 2 is 1.74 bits per heavy atom. The largest absolute Gasteiger partial charge is 0.509 e. The van der Waals surface area contributed by atoms with Crippen LogP contribution in [0.25, 0.3) is 10.8 Å². The average molecular weight is 798 g/mol. The fourth-order valence-electron chi connectivity index (χ4n) is 9.06. The Balaban J connectivity index is 1.52. The minimum atomic E-state index is -1.41. The van der Waals surface area contributed by atoms with Crippen molar-refractivity contribution in [2.75, 3.05) is 27.8 Å². The summed E-state index contributed by atoms with van der Waals surface area (Å²) >= 11 is 0. The molecular formula is C43H63N3O11. The van der Waals surface area contributed by atoms with E-state index in [0.717, 1.165) is 16.3 Å². The second-order valence-corrected chi connectivity index (χ2v) is 16.8. The first-order valence-corrected chi connectivity index (χ1v) is 20.3. The number of benzene rings is 1. The van der Waals surface area contributed by atoms with E-state index in [0.29, 0.717) is 31.6 Å². The number of carbonyl (C=O) groups is 3. The van der Waals surface area contributed by atoms with Crippen LogP contribution in [0.1, 0.15) is 86.6 Å². The molecule has 0 aliphatic carbocycles. The standard InChI is InChI=1S/C43H63N3O11/c1-12-33-43(8)38(56-41(50)57-43)26(4)34(45-52-19-15-17-30-23-44-22-29-16-13-14-18-31(29)30)24(2)21-42(7,51-11)37(27(5)35(47)28(6)39(49)54-33)55-40-36(48)32(46(9)10)20-25(3)53-40/h13-14,16,18,22-28,32-33,36-38,40,48H,12,15,17,19-21H2,1-11H3/b45-34+/t24-,25-,26+,27+,28-,32+,33-,36-,37-,38-,40+,42-,43-/m1/s1. The van der Waals surface area contributed by atoms with Crippen LogP contribution in [0.3, 0.4) is 0 Å². The molecular weight excluding hydrogens is 734 g/mol. The number of aromatic nitrogens is 1. The number of likely N-dealkylation sites (N-methyl/N-ethyl adjacent to an activating group) is 1. The van der Waals surface area contributed by atoms with Gasteiger partial charge in [-0.2, -0.15) is 0 Å². The number of pyridine rings is 1. The van der Waals surface area contributed by atoms with E-state index in [4.69, 9.17) is 38.4 Å². The molecule has 3 aliphatic heterocycles. The Hall–Kier alpha value is -3.69. The highest BCUT2D eigenvalue weighted by Crippen LogP contribution is 2.42. The van der Waals surface area contributed by atoms with E-state index in [1.807, 2.05) is 84.2 Å². The minimum Gasteiger partial charge on any atom is -0.457 e. The summed E-state index contributed by atoms with van der Waals surface area (Å²) in [6.45, 7) is 14.6. The number of rotatable bonds is 10. The monoisotopic (exact) mass is 797 g/mol. The molecule has 0 amide bonds. The maximum atomic E-state index is 14.3. The highest BCUT2D eigenvalue weighted by Gasteiger charge is 2.58. The number of ether oxygens (including phenoxy) is 6. The normalized spacial score (nSPS) is 37.7. The van der Waals surface area contributed by atoms with E-state index in [2.05, 4.69) is 11.1 Å². The molecule has 316 valence electrons. The predicted molar refractivity (Wildman–Crippen MR) is 212 cm³/mol. The number of Topliss-reactive ketones (excluding diaryl/α,β-unsaturated/α-hetero) is 1. The minimum absolute atomic E-state index is 0.248. The van der Waals surface area contributed by atoms with Gasteiger partial charge in [0.05, 0.1) is 23.5 Å². The van der Waals surface area contributed by atoms with Gasteiger partial charge in [0.25, 0.3) is 0 Å². The third-order valence-electron chi connectivity index (χ3n) is 12.4. The second-order valence-electron chi connectivity index (χ2n) is 16.8.